The number of hydrogen-bond acceptors (Lipinski definition) is 2. The molecule has 0 bridgehead atoms. The minimum atomic E-state index is -1.47. The van der Waals surface area contributed by atoms with Gasteiger partial charge in [0.15, 0.2) is 0 Å². The number of alkyl halides is 3. The van der Waals surface area contributed by atoms with Gasteiger partial charge in [0.1, 0.15) is 11.0 Å². The SMILES string of the molecule is CNc1cc(C(Cl)(Cl)Cl)cc(Cl)n1. The van der Waals surface area contributed by atoms with Gasteiger partial charge in [-0.15, -0.1) is 0 Å². The van der Waals surface area contributed by atoms with E-state index in [0.29, 0.717) is 11.4 Å². The molecule has 1 N–H and O–H groups in total. The van der Waals surface area contributed by atoms with Crippen molar-refractivity contribution < 1.29 is 0 Å². The Labute approximate surface area is 96.1 Å². The predicted octanol–water partition coefficient (Wildman–Crippen LogP) is 3.60. The highest BCUT2D eigenvalue weighted by atomic mass is 35.6. The Bertz CT molecular complexity index is 308. The van der Waals surface area contributed by atoms with Crippen molar-refractivity contribution in [3.63, 3.8) is 0 Å². The molecular weight excluding hydrogens is 254 g/mol. The Kier molecular flexibility index (Phi) is 3.52. The third-order valence-electron chi connectivity index (χ3n) is 1.38. The Morgan fingerprint density at radius 1 is 1.31 bits per heavy atom. The third-order valence-corrected chi connectivity index (χ3v) is 2.23. The van der Waals surface area contributed by atoms with E-state index < -0.39 is 3.79 Å². The summed E-state index contributed by atoms with van der Waals surface area (Å²) in [5.74, 6) is 0.564. The highest BCUT2D eigenvalue weighted by molar-refractivity contribution is 6.66. The molecule has 1 heterocycles. The first-order valence-corrected chi connectivity index (χ1v) is 4.87. The molecule has 1 aromatic heterocycles. The van der Waals surface area contributed by atoms with Crippen molar-refractivity contribution in [1.82, 2.24) is 4.98 Å². The van der Waals surface area contributed by atoms with Crippen LogP contribution < -0.4 is 5.32 Å². The second kappa shape index (κ2) is 4.09. The van der Waals surface area contributed by atoms with E-state index in [4.69, 9.17) is 46.4 Å². The molecule has 1 aromatic rings. The molecule has 0 saturated heterocycles. The Balaban J connectivity index is 3.16. The molecule has 0 radical (unpaired) electrons. The molecule has 2 nitrogen and oxygen atoms in total. The molecule has 1 rings (SSSR count). The van der Waals surface area contributed by atoms with E-state index in [0.717, 1.165) is 0 Å². The van der Waals surface area contributed by atoms with Crippen LogP contribution in [-0.2, 0) is 3.79 Å². The topological polar surface area (TPSA) is 24.9 Å². The van der Waals surface area contributed by atoms with Crippen LogP contribution in [0.1, 0.15) is 5.56 Å². The van der Waals surface area contributed by atoms with Crippen LogP contribution in [0.5, 0.6) is 0 Å². The summed E-state index contributed by atoms with van der Waals surface area (Å²) in [5, 5.41) is 3.09. The molecule has 0 amide bonds. The summed E-state index contributed by atoms with van der Waals surface area (Å²) >= 11 is 22.7. The zero-order valence-electron chi connectivity index (χ0n) is 6.61. The van der Waals surface area contributed by atoms with Gasteiger partial charge >= 0.3 is 0 Å². The summed E-state index contributed by atoms with van der Waals surface area (Å²) in [6.07, 6.45) is 0. The fraction of sp³-hybridized carbons (Fsp3) is 0.286. The smallest absolute Gasteiger partial charge is 0.216 e. The van der Waals surface area contributed by atoms with Crippen LogP contribution in [0.2, 0.25) is 5.15 Å². The van der Waals surface area contributed by atoms with E-state index >= 15 is 0 Å². The van der Waals surface area contributed by atoms with E-state index in [1.807, 2.05) is 0 Å². The summed E-state index contributed by atoms with van der Waals surface area (Å²) in [7, 11) is 1.71. The standard InChI is InChI=1S/C7H6Cl4N2/c1-12-6-3-4(7(9,10)11)2-5(8)13-6/h2-3H,1H3,(H,12,13). The average molecular weight is 260 g/mol. The van der Waals surface area contributed by atoms with Gasteiger partial charge in [0, 0.05) is 12.6 Å². The number of hydrogen-bond donors (Lipinski definition) is 1. The number of anilines is 1. The minimum absolute atomic E-state index is 0.285. The lowest BCUT2D eigenvalue weighted by molar-refractivity contribution is 1.18. The summed E-state index contributed by atoms with van der Waals surface area (Å²) in [5.41, 5.74) is 0.488. The van der Waals surface area contributed by atoms with Gasteiger partial charge in [0.2, 0.25) is 3.79 Å². The van der Waals surface area contributed by atoms with E-state index in [1.54, 1.807) is 13.1 Å². The van der Waals surface area contributed by atoms with Crippen LogP contribution in [0.25, 0.3) is 0 Å². The summed E-state index contributed by atoms with van der Waals surface area (Å²) in [6.45, 7) is 0. The molecule has 0 unspecified atom stereocenters. The summed E-state index contributed by atoms with van der Waals surface area (Å²) < 4.78 is -1.47. The van der Waals surface area contributed by atoms with Crippen molar-refractivity contribution in [2.75, 3.05) is 12.4 Å². The molecule has 13 heavy (non-hydrogen) atoms. The van der Waals surface area contributed by atoms with Gasteiger partial charge in [-0.3, -0.25) is 0 Å². The molecule has 0 fully saturated rings. The zero-order valence-corrected chi connectivity index (χ0v) is 9.64. The Morgan fingerprint density at radius 2 is 1.92 bits per heavy atom. The van der Waals surface area contributed by atoms with E-state index in [1.165, 1.54) is 6.07 Å². The quantitative estimate of drug-likeness (QED) is 0.616. The molecule has 0 aliphatic heterocycles. The molecule has 0 atom stereocenters. The number of nitrogens with zero attached hydrogens (tertiary/aromatic N) is 1. The molecular formula is C7H6Cl4N2. The van der Waals surface area contributed by atoms with Crippen molar-refractivity contribution in [3.05, 3.63) is 22.8 Å². The Morgan fingerprint density at radius 3 is 2.38 bits per heavy atom. The fourth-order valence-corrected chi connectivity index (χ4v) is 1.32. The maximum atomic E-state index is 5.71. The van der Waals surface area contributed by atoms with Crippen LogP contribution in [0.4, 0.5) is 5.82 Å². The van der Waals surface area contributed by atoms with Gasteiger partial charge in [0.25, 0.3) is 0 Å². The normalized spacial score (nSPS) is 11.5. The zero-order chi connectivity index (χ0) is 10.1. The fourth-order valence-electron chi connectivity index (χ4n) is 0.789. The predicted molar refractivity (Wildman–Crippen MR) is 58.0 cm³/mol. The van der Waals surface area contributed by atoms with Crippen molar-refractivity contribution in [1.29, 1.82) is 0 Å². The largest absolute Gasteiger partial charge is 0.373 e. The van der Waals surface area contributed by atoms with Gasteiger partial charge in [-0.2, -0.15) is 0 Å². The maximum absolute atomic E-state index is 5.71. The van der Waals surface area contributed by atoms with Crippen LogP contribution in [0, 0.1) is 0 Å². The number of aromatic nitrogens is 1. The first kappa shape index (κ1) is 11.2. The van der Waals surface area contributed by atoms with Crippen molar-refractivity contribution in [3.8, 4) is 0 Å². The average Bonchev–Trinajstić information content (AvgIpc) is 2.01. The molecule has 0 saturated carbocycles. The first-order valence-electron chi connectivity index (χ1n) is 3.36. The van der Waals surface area contributed by atoms with Gasteiger partial charge in [0.05, 0.1) is 0 Å². The van der Waals surface area contributed by atoms with Gasteiger partial charge in [-0.1, -0.05) is 46.4 Å². The summed E-state index contributed by atoms with van der Waals surface area (Å²) in [4.78, 5) is 3.94. The molecule has 0 aromatic carbocycles. The minimum Gasteiger partial charge on any atom is -0.373 e. The number of pyridine rings is 1. The van der Waals surface area contributed by atoms with Crippen LogP contribution >= 0.6 is 46.4 Å². The van der Waals surface area contributed by atoms with E-state index in [-0.39, 0.29) is 5.15 Å². The highest BCUT2D eigenvalue weighted by Crippen LogP contribution is 2.39. The van der Waals surface area contributed by atoms with Crippen molar-refractivity contribution in [2.24, 2.45) is 0 Å². The number of rotatable bonds is 1. The Hall–Kier alpha value is 0.110. The molecule has 0 aliphatic carbocycles. The van der Waals surface area contributed by atoms with Crippen LogP contribution in [-0.4, -0.2) is 12.0 Å². The van der Waals surface area contributed by atoms with Gasteiger partial charge in [-0.25, -0.2) is 4.98 Å². The number of halogens is 4. The van der Waals surface area contributed by atoms with E-state index in [2.05, 4.69) is 10.3 Å². The van der Waals surface area contributed by atoms with Crippen molar-refractivity contribution in [2.45, 2.75) is 3.79 Å². The third kappa shape index (κ3) is 3.06. The lowest BCUT2D eigenvalue weighted by Crippen LogP contribution is -2.03. The molecule has 72 valence electrons. The second-order valence-electron chi connectivity index (χ2n) is 2.31. The first-order chi connectivity index (χ1) is 5.93. The van der Waals surface area contributed by atoms with Gasteiger partial charge < -0.3 is 5.32 Å². The van der Waals surface area contributed by atoms with Crippen LogP contribution in [0.15, 0.2) is 12.1 Å². The lowest BCUT2D eigenvalue weighted by atomic mass is 10.3. The highest BCUT2D eigenvalue weighted by Gasteiger charge is 2.23. The van der Waals surface area contributed by atoms with Crippen LogP contribution in [0.3, 0.4) is 0 Å². The molecule has 0 spiro atoms. The van der Waals surface area contributed by atoms with E-state index in [9.17, 15) is 0 Å². The lowest BCUT2D eigenvalue weighted by Gasteiger charge is -2.12. The number of nitrogens with one attached hydrogen (secondary N) is 1. The second-order valence-corrected chi connectivity index (χ2v) is 4.98. The molecule has 6 heteroatoms. The van der Waals surface area contributed by atoms with Gasteiger partial charge in [-0.05, 0) is 12.1 Å². The monoisotopic (exact) mass is 258 g/mol. The summed E-state index contributed by atoms with van der Waals surface area (Å²) in [6, 6.07) is 3.13. The maximum Gasteiger partial charge on any atom is 0.216 e. The molecule has 0 aliphatic rings. The van der Waals surface area contributed by atoms with Crippen molar-refractivity contribution >= 4 is 52.2 Å².